The second-order valence-corrected chi connectivity index (χ2v) is 6.29. The van der Waals surface area contributed by atoms with E-state index < -0.39 is 0 Å². The number of aromatic nitrogens is 2. The van der Waals surface area contributed by atoms with Crippen molar-refractivity contribution in [3.63, 3.8) is 0 Å². The molecule has 3 rings (SSSR count). The highest BCUT2D eigenvalue weighted by molar-refractivity contribution is 7.13. The molecule has 1 aliphatic rings. The summed E-state index contributed by atoms with van der Waals surface area (Å²) in [6.45, 7) is 6.03. The SMILES string of the molecule is O=C(NCCCN1CCNCC1)c1cc(-c2cccs2)[nH]n1. The van der Waals surface area contributed by atoms with Gasteiger partial charge in [-0.1, -0.05) is 6.07 Å². The molecule has 1 fully saturated rings. The van der Waals surface area contributed by atoms with Crippen molar-refractivity contribution >= 4 is 17.2 Å². The minimum absolute atomic E-state index is 0.112. The molecule has 7 heteroatoms. The van der Waals surface area contributed by atoms with E-state index in [1.165, 1.54) is 0 Å². The third kappa shape index (κ3) is 3.94. The number of carbonyl (C=O) groups is 1. The van der Waals surface area contributed by atoms with E-state index in [0.29, 0.717) is 12.2 Å². The van der Waals surface area contributed by atoms with Gasteiger partial charge in [-0.05, 0) is 30.5 Å². The highest BCUT2D eigenvalue weighted by Gasteiger charge is 2.12. The van der Waals surface area contributed by atoms with E-state index in [0.717, 1.165) is 49.7 Å². The second kappa shape index (κ2) is 7.53. The molecule has 2 aromatic rings. The van der Waals surface area contributed by atoms with Gasteiger partial charge in [0, 0.05) is 32.7 Å². The smallest absolute Gasteiger partial charge is 0.271 e. The summed E-state index contributed by atoms with van der Waals surface area (Å²) >= 11 is 1.62. The summed E-state index contributed by atoms with van der Waals surface area (Å²) in [5, 5.41) is 15.3. The first kappa shape index (κ1) is 15.2. The van der Waals surface area contributed by atoms with Crippen molar-refractivity contribution in [3.8, 4) is 10.6 Å². The van der Waals surface area contributed by atoms with Crippen LogP contribution in [0.4, 0.5) is 0 Å². The van der Waals surface area contributed by atoms with Gasteiger partial charge in [0.2, 0.25) is 0 Å². The Kier molecular flexibility index (Phi) is 5.20. The third-order valence-corrected chi connectivity index (χ3v) is 4.65. The molecule has 0 aliphatic carbocycles. The maximum Gasteiger partial charge on any atom is 0.271 e. The Hall–Kier alpha value is -1.70. The predicted molar refractivity (Wildman–Crippen MR) is 88.2 cm³/mol. The lowest BCUT2D eigenvalue weighted by molar-refractivity contribution is 0.0946. The zero-order chi connectivity index (χ0) is 15.2. The van der Waals surface area contributed by atoms with E-state index in [1.54, 1.807) is 17.4 Å². The molecule has 118 valence electrons. The van der Waals surface area contributed by atoms with Crippen molar-refractivity contribution in [2.45, 2.75) is 6.42 Å². The number of hydrogen-bond acceptors (Lipinski definition) is 5. The van der Waals surface area contributed by atoms with E-state index in [1.807, 2.05) is 17.5 Å². The highest BCUT2D eigenvalue weighted by atomic mass is 32.1. The molecule has 2 aromatic heterocycles. The van der Waals surface area contributed by atoms with Crippen LogP contribution in [-0.2, 0) is 0 Å². The fourth-order valence-electron chi connectivity index (χ4n) is 2.53. The first-order valence-corrected chi connectivity index (χ1v) is 8.51. The average molecular weight is 319 g/mol. The topological polar surface area (TPSA) is 73.1 Å². The van der Waals surface area contributed by atoms with Crippen molar-refractivity contribution in [1.82, 2.24) is 25.7 Å². The zero-order valence-corrected chi connectivity index (χ0v) is 13.3. The molecule has 0 saturated carbocycles. The standard InChI is InChI=1S/C15H21N5OS/c21-15(17-4-2-7-20-8-5-16-6-9-20)13-11-12(18-19-13)14-3-1-10-22-14/h1,3,10-11,16H,2,4-9H2,(H,17,21)(H,18,19). The molecule has 0 radical (unpaired) electrons. The van der Waals surface area contributed by atoms with Crippen LogP contribution >= 0.6 is 11.3 Å². The van der Waals surface area contributed by atoms with Gasteiger partial charge in [0.15, 0.2) is 5.69 Å². The van der Waals surface area contributed by atoms with Gasteiger partial charge in [-0.15, -0.1) is 11.3 Å². The molecule has 3 heterocycles. The van der Waals surface area contributed by atoms with Gasteiger partial charge in [-0.25, -0.2) is 0 Å². The van der Waals surface area contributed by atoms with Crippen molar-refractivity contribution in [2.75, 3.05) is 39.3 Å². The quantitative estimate of drug-likeness (QED) is 0.699. The molecule has 22 heavy (non-hydrogen) atoms. The zero-order valence-electron chi connectivity index (χ0n) is 12.5. The highest BCUT2D eigenvalue weighted by Crippen LogP contribution is 2.22. The summed E-state index contributed by atoms with van der Waals surface area (Å²) in [5.41, 5.74) is 1.34. The predicted octanol–water partition coefficient (Wildman–Crippen LogP) is 1.16. The summed E-state index contributed by atoms with van der Waals surface area (Å²) in [6.07, 6.45) is 0.966. The Morgan fingerprint density at radius 2 is 2.27 bits per heavy atom. The monoisotopic (exact) mass is 319 g/mol. The normalized spacial score (nSPS) is 15.8. The van der Waals surface area contributed by atoms with Crippen LogP contribution in [0.5, 0.6) is 0 Å². The molecular formula is C15H21N5OS. The summed E-state index contributed by atoms with van der Waals surface area (Å²) < 4.78 is 0. The lowest BCUT2D eigenvalue weighted by Crippen LogP contribution is -2.44. The van der Waals surface area contributed by atoms with Gasteiger partial charge in [-0.2, -0.15) is 5.10 Å². The molecule has 3 N–H and O–H groups in total. The average Bonchev–Trinajstić information content (AvgIpc) is 3.22. The summed E-state index contributed by atoms with van der Waals surface area (Å²) in [6, 6.07) is 5.79. The molecule has 1 amide bonds. The maximum atomic E-state index is 12.1. The van der Waals surface area contributed by atoms with Crippen molar-refractivity contribution in [3.05, 3.63) is 29.3 Å². The molecular weight excluding hydrogens is 298 g/mol. The van der Waals surface area contributed by atoms with Crippen molar-refractivity contribution in [1.29, 1.82) is 0 Å². The Morgan fingerprint density at radius 3 is 3.05 bits per heavy atom. The maximum absolute atomic E-state index is 12.1. The Labute approximate surface area is 133 Å². The summed E-state index contributed by atoms with van der Waals surface area (Å²) in [4.78, 5) is 15.6. The van der Waals surface area contributed by atoms with Gasteiger partial charge >= 0.3 is 0 Å². The number of nitrogens with zero attached hydrogens (tertiary/aromatic N) is 2. The van der Waals surface area contributed by atoms with E-state index >= 15 is 0 Å². The number of carbonyl (C=O) groups excluding carboxylic acids is 1. The van der Waals surface area contributed by atoms with Crippen LogP contribution in [0.1, 0.15) is 16.9 Å². The van der Waals surface area contributed by atoms with E-state index in [4.69, 9.17) is 0 Å². The van der Waals surface area contributed by atoms with E-state index in [9.17, 15) is 4.79 Å². The molecule has 6 nitrogen and oxygen atoms in total. The Morgan fingerprint density at radius 1 is 1.41 bits per heavy atom. The van der Waals surface area contributed by atoms with Crippen LogP contribution in [0.25, 0.3) is 10.6 Å². The van der Waals surface area contributed by atoms with Gasteiger partial charge in [0.25, 0.3) is 5.91 Å². The van der Waals surface area contributed by atoms with Gasteiger partial charge < -0.3 is 15.5 Å². The molecule has 0 bridgehead atoms. The number of aromatic amines is 1. The van der Waals surface area contributed by atoms with E-state index in [-0.39, 0.29) is 5.91 Å². The van der Waals surface area contributed by atoms with Gasteiger partial charge in [0.05, 0.1) is 10.6 Å². The number of thiophene rings is 1. The van der Waals surface area contributed by atoms with Gasteiger partial charge in [0.1, 0.15) is 0 Å². The molecule has 1 saturated heterocycles. The van der Waals surface area contributed by atoms with Crippen LogP contribution in [-0.4, -0.2) is 60.3 Å². The van der Waals surface area contributed by atoms with Crippen LogP contribution in [0.2, 0.25) is 0 Å². The lowest BCUT2D eigenvalue weighted by atomic mass is 10.3. The largest absolute Gasteiger partial charge is 0.351 e. The molecule has 0 aromatic carbocycles. The third-order valence-electron chi connectivity index (χ3n) is 3.74. The fraction of sp³-hybridized carbons (Fsp3) is 0.467. The van der Waals surface area contributed by atoms with Crippen molar-refractivity contribution < 1.29 is 4.79 Å². The summed E-state index contributed by atoms with van der Waals surface area (Å²) in [7, 11) is 0. The van der Waals surface area contributed by atoms with Crippen LogP contribution in [0.15, 0.2) is 23.6 Å². The molecule has 1 aliphatic heterocycles. The van der Waals surface area contributed by atoms with Crippen LogP contribution in [0, 0.1) is 0 Å². The van der Waals surface area contributed by atoms with Crippen LogP contribution in [0.3, 0.4) is 0 Å². The molecule has 0 spiro atoms. The van der Waals surface area contributed by atoms with Crippen LogP contribution < -0.4 is 10.6 Å². The number of piperazine rings is 1. The number of H-pyrrole nitrogens is 1. The number of nitrogens with one attached hydrogen (secondary N) is 3. The number of amides is 1. The summed E-state index contributed by atoms with van der Waals surface area (Å²) in [5.74, 6) is -0.112. The Bertz CT molecular complexity index is 589. The minimum atomic E-state index is -0.112. The van der Waals surface area contributed by atoms with Gasteiger partial charge in [-0.3, -0.25) is 9.89 Å². The first-order chi connectivity index (χ1) is 10.8. The Balaban J connectivity index is 1.42. The van der Waals surface area contributed by atoms with E-state index in [2.05, 4.69) is 25.7 Å². The number of rotatable bonds is 6. The lowest BCUT2D eigenvalue weighted by Gasteiger charge is -2.26. The minimum Gasteiger partial charge on any atom is -0.351 e. The number of hydrogen-bond donors (Lipinski definition) is 3. The fourth-order valence-corrected chi connectivity index (χ4v) is 3.22. The van der Waals surface area contributed by atoms with Crippen molar-refractivity contribution in [2.24, 2.45) is 0 Å². The second-order valence-electron chi connectivity index (χ2n) is 5.35. The molecule has 0 unspecified atom stereocenters. The molecule has 0 atom stereocenters. The first-order valence-electron chi connectivity index (χ1n) is 7.63.